The molecule has 0 bridgehead atoms. The van der Waals surface area contributed by atoms with Gasteiger partial charge in [0.25, 0.3) is 0 Å². The van der Waals surface area contributed by atoms with Gasteiger partial charge in [0.2, 0.25) is 0 Å². The Morgan fingerprint density at radius 3 is 0.939 bits per heavy atom. The second-order valence-electron chi connectivity index (χ2n) is 12.8. The Bertz CT molecular complexity index is 2180. The minimum atomic E-state index is 0.396. The Kier molecular flexibility index (Phi) is 9.20. The molecule has 0 aliphatic heterocycles. The van der Waals surface area contributed by atoms with Gasteiger partial charge < -0.3 is 9.68 Å². The van der Waals surface area contributed by atoms with E-state index < -0.39 is 0 Å². The van der Waals surface area contributed by atoms with Crippen molar-refractivity contribution in [2.24, 2.45) is 17.0 Å². The molecule has 6 aromatic carbocycles. The van der Waals surface area contributed by atoms with Gasteiger partial charge >= 0.3 is 0 Å². The first kappa shape index (κ1) is 33.3. The van der Waals surface area contributed by atoms with E-state index in [-0.39, 0.29) is 0 Å². The van der Waals surface area contributed by atoms with Gasteiger partial charge in [-0.1, -0.05) is 66.2 Å². The Balaban J connectivity index is 1.77. The zero-order valence-electron chi connectivity index (χ0n) is 29.1. The van der Waals surface area contributed by atoms with E-state index >= 15 is 0 Å². The summed E-state index contributed by atoms with van der Waals surface area (Å²) in [4.78, 5) is 21.4. The standard InChI is InChI=1S/C43H41N3O3/c1-24-8-10-31(11-9-24)38-25(2)40(33-14-20-36(48-44)21-15-33)29(6)42(27(38)4)43-28(5)39(32-12-18-35(46-47)19-13-32)26(3)41(30(43)7)34-16-22-37(49-45)23-17-34/h8-23H,44-45H2,1-7H3. The van der Waals surface area contributed by atoms with Crippen molar-refractivity contribution in [1.82, 2.24) is 0 Å². The Morgan fingerprint density at radius 1 is 0.388 bits per heavy atom. The summed E-state index contributed by atoms with van der Waals surface area (Å²) in [5, 5.41) is 3.15. The highest BCUT2D eigenvalue weighted by Gasteiger charge is 2.26. The van der Waals surface area contributed by atoms with Crippen LogP contribution in [0.3, 0.4) is 0 Å². The molecule has 0 saturated carbocycles. The van der Waals surface area contributed by atoms with Gasteiger partial charge in [0, 0.05) is 0 Å². The molecule has 6 nitrogen and oxygen atoms in total. The lowest BCUT2D eigenvalue weighted by Crippen LogP contribution is -2.06. The van der Waals surface area contributed by atoms with Gasteiger partial charge in [-0.25, -0.2) is 0 Å². The topological polar surface area (TPSA) is 99.9 Å². The first-order chi connectivity index (χ1) is 23.6. The van der Waals surface area contributed by atoms with Gasteiger partial charge in [0.15, 0.2) is 0 Å². The quantitative estimate of drug-likeness (QED) is 0.126. The normalized spacial score (nSPS) is 11.0. The van der Waals surface area contributed by atoms with E-state index in [1.54, 1.807) is 12.1 Å². The fourth-order valence-electron chi connectivity index (χ4n) is 7.73. The van der Waals surface area contributed by atoms with E-state index in [4.69, 9.17) is 21.5 Å². The van der Waals surface area contributed by atoms with E-state index in [1.807, 2.05) is 36.4 Å². The molecular weight excluding hydrogens is 606 g/mol. The van der Waals surface area contributed by atoms with Crippen molar-refractivity contribution in [3.05, 3.63) is 141 Å². The van der Waals surface area contributed by atoms with Gasteiger partial charge in [-0.2, -0.15) is 11.8 Å². The number of hydrogen-bond donors (Lipinski definition) is 2. The molecule has 0 aliphatic rings. The molecule has 0 aliphatic carbocycles. The third kappa shape index (κ3) is 5.90. The predicted octanol–water partition coefficient (Wildman–Crippen LogP) is 11.1. The average molecular weight is 648 g/mol. The van der Waals surface area contributed by atoms with Crippen LogP contribution < -0.4 is 21.5 Å². The summed E-state index contributed by atoms with van der Waals surface area (Å²) in [5.74, 6) is 12.2. The van der Waals surface area contributed by atoms with Crippen LogP contribution >= 0.6 is 0 Å². The molecule has 6 rings (SSSR count). The maximum absolute atomic E-state index is 11.3. The van der Waals surface area contributed by atoms with Gasteiger partial charge in [0.1, 0.15) is 17.2 Å². The second kappa shape index (κ2) is 13.5. The van der Waals surface area contributed by atoms with Crippen LogP contribution in [0.4, 0.5) is 5.69 Å². The van der Waals surface area contributed by atoms with Crippen LogP contribution in [0.25, 0.3) is 55.6 Å². The number of benzene rings is 6. The molecule has 0 heterocycles. The van der Waals surface area contributed by atoms with E-state index in [2.05, 4.69) is 102 Å². The molecule has 4 N–H and O–H groups in total. The highest BCUT2D eigenvalue weighted by molar-refractivity contribution is 5.98. The lowest BCUT2D eigenvalue weighted by atomic mass is 9.75. The second-order valence-corrected chi connectivity index (χ2v) is 12.8. The summed E-state index contributed by atoms with van der Waals surface area (Å²) in [6.45, 7) is 15.4. The van der Waals surface area contributed by atoms with E-state index in [0.29, 0.717) is 17.2 Å². The van der Waals surface area contributed by atoms with Crippen molar-refractivity contribution in [2.75, 3.05) is 0 Å². The summed E-state index contributed by atoms with van der Waals surface area (Å²) in [5.41, 5.74) is 20.0. The van der Waals surface area contributed by atoms with E-state index in [1.165, 1.54) is 55.6 Å². The number of nitrogens with two attached hydrogens (primary N) is 2. The van der Waals surface area contributed by atoms with Gasteiger partial charge in [-0.3, -0.25) is 0 Å². The van der Waals surface area contributed by atoms with Crippen LogP contribution in [0.2, 0.25) is 0 Å². The fourth-order valence-corrected chi connectivity index (χ4v) is 7.73. The van der Waals surface area contributed by atoms with Gasteiger partial charge in [-0.05, 0) is 179 Å². The third-order valence-corrected chi connectivity index (χ3v) is 9.91. The lowest BCUT2D eigenvalue weighted by Gasteiger charge is -2.28. The number of rotatable bonds is 8. The van der Waals surface area contributed by atoms with Crippen LogP contribution in [0, 0.1) is 53.4 Å². The lowest BCUT2D eigenvalue weighted by molar-refractivity contribution is 0.334. The smallest absolute Gasteiger partial charge is 0.146 e. The zero-order chi connectivity index (χ0) is 35.0. The van der Waals surface area contributed by atoms with Crippen molar-refractivity contribution in [2.45, 2.75) is 48.5 Å². The zero-order valence-corrected chi connectivity index (χ0v) is 29.1. The average Bonchev–Trinajstić information content (AvgIpc) is 3.11. The van der Waals surface area contributed by atoms with Gasteiger partial charge in [-0.15, -0.1) is 4.91 Å². The molecule has 246 valence electrons. The molecule has 0 aromatic heterocycles. The van der Waals surface area contributed by atoms with Crippen LogP contribution in [0.5, 0.6) is 11.5 Å². The Labute approximate surface area is 288 Å². The van der Waals surface area contributed by atoms with Crippen molar-refractivity contribution in [3.63, 3.8) is 0 Å². The van der Waals surface area contributed by atoms with Crippen molar-refractivity contribution >= 4 is 5.69 Å². The summed E-state index contributed by atoms with van der Waals surface area (Å²) in [6.07, 6.45) is 0. The monoisotopic (exact) mass is 647 g/mol. The Hall–Kier alpha value is -5.56. The first-order valence-electron chi connectivity index (χ1n) is 16.3. The van der Waals surface area contributed by atoms with Crippen molar-refractivity contribution in [1.29, 1.82) is 0 Å². The number of nitrogens with zero attached hydrogens (tertiary/aromatic N) is 1. The van der Waals surface area contributed by atoms with Crippen LogP contribution in [-0.2, 0) is 0 Å². The molecule has 0 fully saturated rings. The van der Waals surface area contributed by atoms with Crippen LogP contribution in [0.15, 0.2) is 102 Å². The molecule has 0 radical (unpaired) electrons. The summed E-state index contributed by atoms with van der Waals surface area (Å²) in [7, 11) is 0. The minimum absolute atomic E-state index is 0.396. The summed E-state index contributed by atoms with van der Waals surface area (Å²) in [6, 6.07) is 32.2. The Morgan fingerprint density at radius 2 is 0.653 bits per heavy atom. The molecule has 0 saturated heterocycles. The predicted molar refractivity (Wildman–Crippen MR) is 202 cm³/mol. The number of hydrogen-bond acceptors (Lipinski definition) is 6. The number of aryl methyl sites for hydroxylation is 1. The number of nitroso groups, excluding NO2 is 1. The molecule has 0 unspecified atom stereocenters. The molecule has 0 amide bonds. The fraction of sp³-hybridized carbons (Fsp3) is 0.163. The first-order valence-corrected chi connectivity index (χ1v) is 16.3. The molecular formula is C43H41N3O3. The van der Waals surface area contributed by atoms with Crippen LogP contribution in [0.1, 0.15) is 38.9 Å². The highest BCUT2D eigenvalue weighted by atomic mass is 16.6. The van der Waals surface area contributed by atoms with Crippen molar-refractivity contribution in [3.8, 4) is 67.1 Å². The maximum atomic E-state index is 11.3. The largest absolute Gasteiger partial charge is 0.412 e. The molecule has 0 atom stereocenters. The van der Waals surface area contributed by atoms with Crippen molar-refractivity contribution < 1.29 is 9.68 Å². The molecule has 0 spiro atoms. The highest BCUT2D eigenvalue weighted by Crippen LogP contribution is 2.50. The third-order valence-electron chi connectivity index (χ3n) is 9.91. The molecule has 6 heteroatoms. The molecule has 6 aromatic rings. The van der Waals surface area contributed by atoms with E-state index in [9.17, 15) is 4.91 Å². The molecule has 49 heavy (non-hydrogen) atoms. The minimum Gasteiger partial charge on any atom is -0.412 e. The maximum Gasteiger partial charge on any atom is 0.146 e. The van der Waals surface area contributed by atoms with Gasteiger partial charge in [0.05, 0.1) is 0 Å². The van der Waals surface area contributed by atoms with E-state index in [0.717, 1.165) is 38.9 Å². The van der Waals surface area contributed by atoms with Crippen LogP contribution in [-0.4, -0.2) is 0 Å². The SMILES string of the molecule is Cc1ccc(-c2c(C)c(-c3ccc(ON)cc3)c(C)c(-c3c(C)c(-c4ccc(N=O)cc4)c(C)c(-c4ccc(ON)cc4)c3C)c2C)cc1. The summed E-state index contributed by atoms with van der Waals surface area (Å²) < 4.78 is 0. The summed E-state index contributed by atoms with van der Waals surface area (Å²) >= 11 is 0.